The molecule has 1 aromatic heterocycles. The van der Waals surface area contributed by atoms with Gasteiger partial charge >= 0.3 is 0 Å². The molecule has 1 aromatic rings. The summed E-state index contributed by atoms with van der Waals surface area (Å²) in [5, 5.41) is 17.3. The van der Waals surface area contributed by atoms with E-state index in [4.69, 9.17) is 0 Å². The van der Waals surface area contributed by atoms with Crippen LogP contribution in [-0.2, 0) is 9.59 Å². The first-order chi connectivity index (χ1) is 15.5. The minimum absolute atomic E-state index is 0.00527. The van der Waals surface area contributed by atoms with Crippen LogP contribution < -0.4 is 10.6 Å². The van der Waals surface area contributed by atoms with E-state index in [-0.39, 0.29) is 23.3 Å². The number of carbonyl (C=O) groups is 2. The van der Waals surface area contributed by atoms with Gasteiger partial charge in [-0.2, -0.15) is 0 Å². The fraction of sp³-hybridized carbons (Fsp3) is 0.800. The van der Waals surface area contributed by atoms with E-state index in [0.29, 0.717) is 30.8 Å². The molecule has 186 valence electrons. The number of aryl methyl sites for hydroxylation is 1. The van der Waals surface area contributed by atoms with Crippen LogP contribution in [0.2, 0.25) is 0 Å². The second kappa shape index (κ2) is 10.8. The third-order valence-electron chi connectivity index (χ3n) is 7.35. The van der Waals surface area contributed by atoms with E-state index >= 15 is 0 Å². The summed E-state index contributed by atoms with van der Waals surface area (Å²) in [5.74, 6) is 1.23. The first-order valence-electron chi connectivity index (χ1n) is 12.4. The van der Waals surface area contributed by atoms with E-state index in [9.17, 15) is 14.7 Å². The van der Waals surface area contributed by atoms with Gasteiger partial charge in [-0.15, -0.1) is 11.3 Å². The Morgan fingerprint density at radius 2 is 1.94 bits per heavy atom. The fourth-order valence-corrected chi connectivity index (χ4v) is 6.45. The van der Waals surface area contributed by atoms with E-state index < -0.39 is 12.3 Å². The van der Waals surface area contributed by atoms with E-state index in [0.717, 1.165) is 32.1 Å². The molecule has 3 N–H and O–H groups in total. The van der Waals surface area contributed by atoms with Crippen molar-refractivity contribution in [2.75, 3.05) is 13.1 Å². The van der Waals surface area contributed by atoms with Gasteiger partial charge in [0.2, 0.25) is 11.8 Å². The molecule has 2 fully saturated rings. The average molecular weight is 479 g/mol. The SMILES string of the molecule is CC(=O)N[C@H](C(O)N1C[C@H](C)C[C@H]1C(=O)NCC1CCC(c2scnc2C)CC1)C(C)(C)C. The first-order valence-corrected chi connectivity index (χ1v) is 13.2. The lowest BCUT2D eigenvalue weighted by Crippen LogP contribution is -2.60. The molecule has 7 nitrogen and oxygen atoms in total. The summed E-state index contributed by atoms with van der Waals surface area (Å²) in [6.07, 6.45) is 4.34. The van der Waals surface area contributed by atoms with Crippen LogP contribution in [0.3, 0.4) is 0 Å². The van der Waals surface area contributed by atoms with Crippen molar-refractivity contribution in [1.82, 2.24) is 20.5 Å². The van der Waals surface area contributed by atoms with Crippen molar-refractivity contribution in [3.8, 4) is 0 Å². The van der Waals surface area contributed by atoms with Gasteiger partial charge in [-0.25, -0.2) is 4.98 Å². The maximum absolute atomic E-state index is 13.2. The van der Waals surface area contributed by atoms with Crippen LogP contribution in [0, 0.1) is 24.2 Å². The summed E-state index contributed by atoms with van der Waals surface area (Å²) < 4.78 is 0. The highest BCUT2D eigenvalue weighted by molar-refractivity contribution is 7.09. The molecule has 2 amide bonds. The van der Waals surface area contributed by atoms with Crippen molar-refractivity contribution in [3.05, 3.63) is 16.1 Å². The van der Waals surface area contributed by atoms with Gasteiger partial charge in [0.15, 0.2) is 0 Å². The fourth-order valence-electron chi connectivity index (χ4n) is 5.47. The molecule has 3 rings (SSSR count). The van der Waals surface area contributed by atoms with E-state index in [1.165, 1.54) is 17.5 Å². The van der Waals surface area contributed by atoms with Crippen molar-refractivity contribution < 1.29 is 14.7 Å². The minimum atomic E-state index is -0.910. The summed E-state index contributed by atoms with van der Waals surface area (Å²) >= 11 is 1.77. The number of rotatable bonds is 7. The van der Waals surface area contributed by atoms with Crippen molar-refractivity contribution >= 4 is 23.2 Å². The highest BCUT2D eigenvalue weighted by Crippen LogP contribution is 2.38. The smallest absolute Gasteiger partial charge is 0.237 e. The van der Waals surface area contributed by atoms with Gasteiger partial charge in [0.05, 0.1) is 23.3 Å². The van der Waals surface area contributed by atoms with Crippen LogP contribution in [0.5, 0.6) is 0 Å². The van der Waals surface area contributed by atoms with Crippen LogP contribution in [0.15, 0.2) is 5.51 Å². The van der Waals surface area contributed by atoms with Gasteiger partial charge in [-0.05, 0) is 62.2 Å². The Morgan fingerprint density at radius 1 is 1.27 bits per heavy atom. The number of aliphatic hydroxyl groups excluding tert-OH is 1. The predicted octanol–water partition coefficient (Wildman–Crippen LogP) is 3.42. The van der Waals surface area contributed by atoms with Crippen LogP contribution in [0.25, 0.3) is 0 Å². The summed E-state index contributed by atoms with van der Waals surface area (Å²) in [7, 11) is 0. The number of nitrogens with zero attached hydrogens (tertiary/aromatic N) is 2. The maximum atomic E-state index is 13.2. The molecule has 2 aliphatic rings. The Hall–Kier alpha value is -1.51. The molecule has 8 heteroatoms. The predicted molar refractivity (Wildman–Crippen MR) is 132 cm³/mol. The van der Waals surface area contributed by atoms with Crippen molar-refractivity contribution in [2.24, 2.45) is 17.3 Å². The van der Waals surface area contributed by atoms with Gasteiger partial charge in [-0.3, -0.25) is 14.5 Å². The van der Waals surface area contributed by atoms with Crippen LogP contribution in [0.4, 0.5) is 0 Å². The Balaban J connectivity index is 1.56. The average Bonchev–Trinajstić information content (AvgIpc) is 3.35. The number of aliphatic hydroxyl groups is 1. The minimum Gasteiger partial charge on any atom is -0.376 e. The molecular formula is C25H42N4O3S. The highest BCUT2D eigenvalue weighted by Gasteiger charge is 2.44. The van der Waals surface area contributed by atoms with Crippen molar-refractivity contribution in [2.45, 2.75) is 97.9 Å². The quantitative estimate of drug-likeness (QED) is 0.558. The van der Waals surface area contributed by atoms with Gasteiger partial charge in [0.1, 0.15) is 6.23 Å². The Bertz CT molecular complexity index is 813. The van der Waals surface area contributed by atoms with E-state index in [1.54, 1.807) is 11.3 Å². The molecule has 33 heavy (non-hydrogen) atoms. The molecule has 4 atom stereocenters. The molecule has 0 aromatic carbocycles. The molecular weight excluding hydrogens is 436 g/mol. The number of amides is 2. The number of carbonyl (C=O) groups excluding carboxylic acids is 2. The van der Waals surface area contributed by atoms with Crippen LogP contribution >= 0.6 is 11.3 Å². The maximum Gasteiger partial charge on any atom is 0.237 e. The zero-order valence-corrected chi connectivity index (χ0v) is 21.9. The lowest BCUT2D eigenvalue weighted by atomic mass is 9.81. The van der Waals surface area contributed by atoms with Gasteiger partial charge in [0.25, 0.3) is 0 Å². The van der Waals surface area contributed by atoms with Gasteiger partial charge in [-0.1, -0.05) is 27.7 Å². The molecule has 2 heterocycles. The molecule has 1 aliphatic carbocycles. The number of thiazole rings is 1. The first kappa shape index (κ1) is 26.1. The number of aromatic nitrogens is 1. The summed E-state index contributed by atoms with van der Waals surface area (Å²) in [4.78, 5) is 32.7. The van der Waals surface area contributed by atoms with Crippen molar-refractivity contribution in [3.63, 3.8) is 0 Å². The third kappa shape index (κ3) is 6.55. The molecule has 0 bridgehead atoms. The summed E-state index contributed by atoms with van der Waals surface area (Å²) in [6.45, 7) is 13.0. The van der Waals surface area contributed by atoms with Gasteiger partial charge < -0.3 is 15.7 Å². The molecule has 1 saturated heterocycles. The summed E-state index contributed by atoms with van der Waals surface area (Å²) in [5.41, 5.74) is 2.77. The number of hydrogen-bond donors (Lipinski definition) is 3. The Kier molecular flexibility index (Phi) is 8.56. The van der Waals surface area contributed by atoms with E-state index in [1.807, 2.05) is 31.2 Å². The second-order valence-electron chi connectivity index (χ2n) is 11.3. The third-order valence-corrected chi connectivity index (χ3v) is 8.44. The Morgan fingerprint density at radius 3 is 2.48 bits per heavy atom. The largest absolute Gasteiger partial charge is 0.376 e. The van der Waals surface area contributed by atoms with Crippen molar-refractivity contribution in [1.29, 1.82) is 0 Å². The normalized spacial score (nSPS) is 28.3. The molecule has 1 saturated carbocycles. The van der Waals surface area contributed by atoms with Crippen LogP contribution in [-0.4, -0.2) is 58.2 Å². The zero-order chi connectivity index (χ0) is 24.3. The molecule has 0 radical (unpaired) electrons. The number of hydrogen-bond acceptors (Lipinski definition) is 6. The zero-order valence-electron chi connectivity index (χ0n) is 21.1. The Labute approximate surface area is 202 Å². The number of likely N-dealkylation sites (tertiary alicyclic amines) is 1. The number of nitrogens with one attached hydrogen (secondary N) is 2. The molecule has 1 aliphatic heterocycles. The lowest BCUT2D eigenvalue weighted by Gasteiger charge is -2.40. The monoisotopic (exact) mass is 478 g/mol. The second-order valence-corrected chi connectivity index (χ2v) is 12.2. The van der Waals surface area contributed by atoms with E-state index in [2.05, 4.69) is 29.5 Å². The highest BCUT2D eigenvalue weighted by atomic mass is 32.1. The standard InChI is InChI=1S/C25H42N4O3S/c1-15-11-20(29(13-15)24(32)22(25(4,5)6)28-17(3)30)23(31)26-12-18-7-9-19(10-8-18)21-16(2)27-14-33-21/h14-15,18-20,22,24,32H,7-13H2,1-6H3,(H,26,31)(H,28,30)/t15-,18?,19?,20+,22-,24?/m1/s1. The molecule has 0 spiro atoms. The van der Waals surface area contributed by atoms with Gasteiger partial charge in [0, 0.05) is 24.9 Å². The topological polar surface area (TPSA) is 94.6 Å². The van der Waals surface area contributed by atoms with Crippen LogP contribution in [0.1, 0.15) is 83.2 Å². The summed E-state index contributed by atoms with van der Waals surface area (Å²) in [6, 6.07) is -0.828. The molecule has 1 unspecified atom stereocenters. The lowest BCUT2D eigenvalue weighted by molar-refractivity contribution is -0.134.